The van der Waals surface area contributed by atoms with E-state index in [1.165, 1.54) is 48.7 Å². The average Bonchev–Trinajstić information content (AvgIpc) is 3.01. The molecule has 3 heterocycles. The van der Waals surface area contributed by atoms with Gasteiger partial charge in [-0.3, -0.25) is 4.79 Å². The van der Waals surface area contributed by atoms with Crippen molar-refractivity contribution in [1.29, 1.82) is 0 Å². The van der Waals surface area contributed by atoms with Gasteiger partial charge in [0.2, 0.25) is 5.91 Å². The maximum Gasteiger partial charge on any atom is 0.223 e. The number of rotatable bonds is 15. The fraction of sp³-hybridized carbons (Fsp3) is 0.968. The largest absolute Gasteiger partial charge is 0.391 e. The third kappa shape index (κ3) is 10.9. The monoisotopic (exact) mass is 731 g/mol. The molecule has 0 aliphatic carbocycles. The van der Waals surface area contributed by atoms with Crippen molar-refractivity contribution >= 4 is 5.91 Å². The van der Waals surface area contributed by atoms with Crippen LogP contribution in [-0.2, 0) is 42.7 Å². The molecule has 3 rings (SSSR count). The van der Waals surface area contributed by atoms with Gasteiger partial charge in [0, 0.05) is 7.11 Å². The van der Waals surface area contributed by atoms with Crippen LogP contribution in [0.4, 0.5) is 0 Å². The van der Waals surface area contributed by atoms with Gasteiger partial charge in [-0.2, -0.15) is 0 Å². The van der Waals surface area contributed by atoms with Crippen LogP contribution in [0, 0.1) is 0 Å². The Morgan fingerprint density at radius 2 is 1.26 bits per heavy atom. The van der Waals surface area contributed by atoms with Crippen LogP contribution >= 0.6 is 0 Å². The Balaban J connectivity index is 1.68. The van der Waals surface area contributed by atoms with Crippen LogP contribution in [0.5, 0.6) is 0 Å². The summed E-state index contributed by atoms with van der Waals surface area (Å²) in [6.07, 6.45) is -24.5. The van der Waals surface area contributed by atoms with Crippen molar-refractivity contribution in [3.63, 3.8) is 0 Å². The summed E-state index contributed by atoms with van der Waals surface area (Å²) >= 11 is 0. The molecule has 3 fully saturated rings. The van der Waals surface area contributed by atoms with Crippen LogP contribution in [-0.4, -0.2) is 188 Å². The van der Waals surface area contributed by atoms with Gasteiger partial charge in [0.05, 0.1) is 48.6 Å². The third-order valence-electron chi connectivity index (χ3n) is 8.92. The predicted molar refractivity (Wildman–Crippen MR) is 167 cm³/mol. The second-order valence-electron chi connectivity index (χ2n) is 13.9. The van der Waals surface area contributed by atoms with Crippen molar-refractivity contribution in [3.05, 3.63) is 0 Å². The molecule has 10 N–H and O–H groups in total. The summed E-state index contributed by atoms with van der Waals surface area (Å²) in [6.45, 7) is 9.64. The summed E-state index contributed by atoms with van der Waals surface area (Å²) in [7, 11) is 1.27. The molecular weight excluding hydrogens is 674 g/mol. The summed E-state index contributed by atoms with van der Waals surface area (Å²) in [5, 5.41) is 97.6. The molecule has 294 valence electrons. The second kappa shape index (κ2) is 18.2. The van der Waals surface area contributed by atoms with Gasteiger partial charge in [-0.05, 0) is 48.5 Å². The summed E-state index contributed by atoms with van der Waals surface area (Å²) in [5.74, 6) is -0.540. The number of ether oxygens (including phenoxy) is 8. The maximum absolute atomic E-state index is 12.5. The van der Waals surface area contributed by atoms with E-state index in [-0.39, 0.29) is 6.42 Å². The number of hydrogen-bond donors (Lipinski definition) is 10. The Labute approximate surface area is 290 Å². The highest BCUT2D eigenvalue weighted by molar-refractivity contribution is 5.77. The predicted octanol–water partition coefficient (Wildman–Crippen LogP) is -4.06. The first-order valence-corrected chi connectivity index (χ1v) is 16.7. The van der Waals surface area contributed by atoms with E-state index in [4.69, 9.17) is 37.9 Å². The lowest BCUT2D eigenvalue weighted by molar-refractivity contribution is -0.375. The van der Waals surface area contributed by atoms with E-state index in [0.29, 0.717) is 0 Å². The first-order chi connectivity index (χ1) is 23.2. The molecule has 1 amide bonds. The molecule has 19 heteroatoms. The normalized spacial score (nSPS) is 42.4. The maximum atomic E-state index is 12.5. The fourth-order valence-corrected chi connectivity index (χ4v) is 6.02. The van der Waals surface area contributed by atoms with Crippen LogP contribution in [0.15, 0.2) is 0 Å². The Morgan fingerprint density at radius 3 is 1.78 bits per heavy atom. The van der Waals surface area contributed by atoms with E-state index >= 15 is 0 Å². The van der Waals surface area contributed by atoms with Crippen LogP contribution in [0.2, 0.25) is 0 Å². The van der Waals surface area contributed by atoms with Crippen molar-refractivity contribution in [2.24, 2.45) is 0 Å². The number of amides is 1. The molecule has 19 atom stereocenters. The van der Waals surface area contributed by atoms with E-state index in [9.17, 15) is 50.8 Å². The zero-order chi connectivity index (χ0) is 37.8. The van der Waals surface area contributed by atoms with Gasteiger partial charge in [-0.25, -0.2) is 0 Å². The molecule has 0 aromatic heterocycles. The average molecular weight is 732 g/mol. The molecule has 3 aliphatic rings. The van der Waals surface area contributed by atoms with Crippen molar-refractivity contribution in [2.45, 2.75) is 177 Å². The number of nitrogens with one attached hydrogen (secondary N) is 1. The fourth-order valence-electron chi connectivity index (χ4n) is 6.02. The summed E-state index contributed by atoms with van der Waals surface area (Å²) in [6, 6.07) is -0.963. The standard InChI is InChI=1S/C31H57NO18/c1-11(33)19(36)13(3)45-17(35)10-44-28-23(40)25(20(37)14(4)47-28)49-29-24(41)26(21(38)15(5)48-29)50-30-27(43-8)22(39)18(12(2)46-30)32-16(34)9-31(6,7)42/h11-15,17-30,33,35-42H,9-10H2,1-8H3,(H,32,34)/t11-,12?,13?,14?,15?,17?,18-,19-,20+,21+,22?,23+,24+,25?,26?,27+,28-,29+,30+/m1/s1. The Hall–Kier alpha value is -1.21. The first kappa shape index (κ1) is 43.2. The summed E-state index contributed by atoms with van der Waals surface area (Å²) < 4.78 is 45.1. The van der Waals surface area contributed by atoms with E-state index < -0.39 is 135 Å². The minimum absolute atomic E-state index is 0.242. The molecule has 19 nitrogen and oxygen atoms in total. The quantitative estimate of drug-likeness (QED) is 0.0717. The molecule has 0 aromatic rings. The molecule has 3 aliphatic heterocycles. The minimum atomic E-state index is -1.76. The summed E-state index contributed by atoms with van der Waals surface area (Å²) in [5.41, 5.74) is -1.30. The van der Waals surface area contributed by atoms with E-state index in [2.05, 4.69) is 5.32 Å². The zero-order valence-electron chi connectivity index (χ0n) is 29.6. The van der Waals surface area contributed by atoms with Gasteiger partial charge < -0.3 is 89.2 Å². The molecule has 8 unspecified atom stereocenters. The van der Waals surface area contributed by atoms with Gasteiger partial charge in [0.25, 0.3) is 0 Å². The molecule has 0 radical (unpaired) electrons. The molecule has 3 saturated heterocycles. The molecule has 50 heavy (non-hydrogen) atoms. The Morgan fingerprint density at radius 1 is 0.760 bits per heavy atom. The number of aliphatic hydroxyl groups is 9. The lowest BCUT2D eigenvalue weighted by Crippen LogP contribution is -2.67. The Kier molecular flexibility index (Phi) is 15.7. The number of methoxy groups -OCH3 is 1. The zero-order valence-corrected chi connectivity index (χ0v) is 29.6. The second-order valence-corrected chi connectivity index (χ2v) is 13.9. The van der Waals surface area contributed by atoms with Crippen LogP contribution in [0.25, 0.3) is 0 Å². The SMILES string of the molecule is CO[C@H]1C(O)[C@H](NC(=O)CC(C)(C)O)C(C)O[C@H]1OC1[C@@H](O)C(C)O[C@@H](OC2[C@@H](O)C(C)O[C@@H](OCC(O)OC(C)[C@H](O)[C@@H](C)O)[C@H]2O)[C@H]1O. The first-order valence-electron chi connectivity index (χ1n) is 16.7. The number of carbonyl (C=O) groups is 1. The minimum Gasteiger partial charge on any atom is -0.391 e. The molecule has 0 aromatic carbocycles. The van der Waals surface area contributed by atoms with Gasteiger partial charge >= 0.3 is 0 Å². The van der Waals surface area contributed by atoms with Gasteiger partial charge in [-0.1, -0.05) is 0 Å². The van der Waals surface area contributed by atoms with E-state index in [1.807, 2.05) is 0 Å². The van der Waals surface area contributed by atoms with E-state index in [1.54, 1.807) is 6.92 Å². The topological polar surface area (TPSA) is 285 Å². The van der Waals surface area contributed by atoms with Crippen LogP contribution < -0.4 is 5.32 Å². The lowest BCUT2D eigenvalue weighted by Gasteiger charge is -2.48. The highest BCUT2D eigenvalue weighted by Crippen LogP contribution is 2.33. The Bertz CT molecular complexity index is 1050. The van der Waals surface area contributed by atoms with Crippen molar-refractivity contribution in [2.75, 3.05) is 13.7 Å². The van der Waals surface area contributed by atoms with Gasteiger partial charge in [-0.15, -0.1) is 0 Å². The van der Waals surface area contributed by atoms with Crippen molar-refractivity contribution in [3.8, 4) is 0 Å². The molecular formula is C31H57NO18. The third-order valence-corrected chi connectivity index (χ3v) is 8.92. The lowest BCUT2D eigenvalue weighted by atomic mass is 9.94. The van der Waals surface area contributed by atoms with Crippen LogP contribution in [0.1, 0.15) is 54.9 Å². The van der Waals surface area contributed by atoms with Crippen molar-refractivity contribution < 1.29 is 88.6 Å². The number of carbonyl (C=O) groups excluding carboxylic acids is 1. The van der Waals surface area contributed by atoms with E-state index in [0.717, 1.165) is 0 Å². The smallest absolute Gasteiger partial charge is 0.223 e. The highest BCUT2D eigenvalue weighted by atomic mass is 16.8. The molecule has 0 saturated carbocycles. The summed E-state index contributed by atoms with van der Waals surface area (Å²) in [4.78, 5) is 12.5. The molecule has 0 spiro atoms. The number of hydrogen-bond acceptors (Lipinski definition) is 18. The highest BCUT2D eigenvalue weighted by Gasteiger charge is 2.53. The van der Waals surface area contributed by atoms with Gasteiger partial charge in [0.15, 0.2) is 25.2 Å². The molecule has 0 bridgehead atoms. The van der Waals surface area contributed by atoms with Crippen LogP contribution in [0.3, 0.4) is 0 Å². The van der Waals surface area contributed by atoms with Gasteiger partial charge in [0.1, 0.15) is 61.5 Å². The number of aliphatic hydroxyl groups excluding tert-OH is 8. The van der Waals surface area contributed by atoms with Crippen molar-refractivity contribution in [1.82, 2.24) is 5.32 Å².